The molecule has 1 aliphatic carbocycles. The largest absolute Gasteiger partial charge is 0.497 e. The van der Waals surface area contributed by atoms with Gasteiger partial charge in [-0.15, -0.1) is 0 Å². The van der Waals surface area contributed by atoms with Gasteiger partial charge in [0.05, 0.1) is 41.5 Å². The molecule has 0 bridgehead atoms. The van der Waals surface area contributed by atoms with Crippen LogP contribution in [0.25, 0.3) is 33.2 Å². The third kappa shape index (κ3) is 4.76. The number of fused-ring (bicyclic) bond motifs is 6. The normalized spacial score (nSPS) is 15.3. The van der Waals surface area contributed by atoms with Gasteiger partial charge in [-0.3, -0.25) is 4.79 Å². The number of nitrogens with zero attached hydrogens (tertiary/aromatic N) is 2. The molecule has 3 N–H and O–H groups in total. The number of amides is 1. The Hall–Kier alpha value is -4.79. The fraction of sp³-hybridized carbons (Fsp3) is 0.343. The molecule has 9 heteroatoms. The molecule has 5 aromatic rings. The van der Waals surface area contributed by atoms with Gasteiger partial charge in [-0.05, 0) is 80.6 Å². The van der Waals surface area contributed by atoms with E-state index in [4.69, 9.17) is 9.47 Å². The van der Waals surface area contributed by atoms with Crippen LogP contribution in [0.4, 0.5) is 0 Å². The first kappa shape index (κ1) is 28.0. The number of carboxylic acid groups (broad SMARTS) is 1. The number of carbonyl (C=O) groups excluding carboxylic acids is 1. The zero-order chi connectivity index (χ0) is 30.6. The summed E-state index contributed by atoms with van der Waals surface area (Å²) < 4.78 is 14.1. The molecule has 3 aromatic carbocycles. The van der Waals surface area contributed by atoms with E-state index in [0.717, 1.165) is 35.4 Å². The second-order valence-electron chi connectivity index (χ2n) is 12.4. The van der Waals surface area contributed by atoms with E-state index < -0.39 is 11.5 Å². The van der Waals surface area contributed by atoms with Crippen LogP contribution in [0.2, 0.25) is 0 Å². The van der Waals surface area contributed by atoms with Gasteiger partial charge in [0.25, 0.3) is 5.91 Å². The van der Waals surface area contributed by atoms with Crippen molar-refractivity contribution in [1.29, 1.82) is 0 Å². The topological polar surface area (TPSA) is 118 Å². The zero-order valence-corrected chi connectivity index (χ0v) is 25.2. The van der Waals surface area contributed by atoms with Crippen LogP contribution in [0.3, 0.4) is 0 Å². The molecule has 0 spiro atoms. The smallest absolute Gasteiger partial charge is 0.335 e. The molecule has 1 amide bonds. The van der Waals surface area contributed by atoms with E-state index in [0.29, 0.717) is 41.5 Å². The SMILES string of the molecule is COc1ccc2c(c1)OCCn1c-2c(C2CCCCC2)c2ccc(C(=O)NC(C)(C)c3nc4ccc(C(=O)O)cc4[nH]3)cc21. The summed E-state index contributed by atoms with van der Waals surface area (Å²) >= 11 is 0. The standard InChI is InChI=1S/C35H36N4O5/c1-35(2,34-36-26-14-10-22(33(41)42)17-27(26)37-34)38-32(40)21-9-12-24-28(18-21)39-15-16-44-29-19-23(43-3)11-13-25(29)31(39)30(24)20-7-5-4-6-8-20/h9-14,17-20H,4-8,15-16H2,1-3H3,(H,36,37)(H,38,40)(H,41,42). The van der Waals surface area contributed by atoms with Gasteiger partial charge in [-0.2, -0.15) is 0 Å². The van der Waals surface area contributed by atoms with Gasteiger partial charge in [-0.25, -0.2) is 9.78 Å². The highest BCUT2D eigenvalue weighted by molar-refractivity contribution is 6.01. The van der Waals surface area contributed by atoms with E-state index >= 15 is 0 Å². The minimum Gasteiger partial charge on any atom is -0.497 e. The number of aromatic carboxylic acids is 1. The van der Waals surface area contributed by atoms with Crippen molar-refractivity contribution in [3.8, 4) is 22.8 Å². The Morgan fingerprint density at radius 3 is 2.61 bits per heavy atom. The molecule has 3 heterocycles. The number of H-pyrrole nitrogens is 1. The van der Waals surface area contributed by atoms with Crippen molar-refractivity contribution in [1.82, 2.24) is 19.9 Å². The molecule has 1 aliphatic heterocycles. The van der Waals surface area contributed by atoms with Gasteiger partial charge in [0.1, 0.15) is 23.9 Å². The zero-order valence-electron chi connectivity index (χ0n) is 25.2. The number of ether oxygens (including phenoxy) is 2. The summed E-state index contributed by atoms with van der Waals surface area (Å²) in [6.45, 7) is 4.95. The lowest BCUT2D eigenvalue weighted by Gasteiger charge is -2.24. The third-order valence-corrected chi connectivity index (χ3v) is 9.14. The van der Waals surface area contributed by atoms with Crippen molar-refractivity contribution in [2.45, 2.75) is 64.0 Å². The van der Waals surface area contributed by atoms with Gasteiger partial charge in [0.2, 0.25) is 0 Å². The number of carboxylic acids is 1. The third-order valence-electron chi connectivity index (χ3n) is 9.14. The van der Waals surface area contributed by atoms with Crippen LogP contribution in [0.15, 0.2) is 54.6 Å². The van der Waals surface area contributed by atoms with E-state index in [2.05, 4.69) is 32.0 Å². The fourth-order valence-electron chi connectivity index (χ4n) is 6.89. The van der Waals surface area contributed by atoms with E-state index in [1.165, 1.54) is 42.0 Å². The van der Waals surface area contributed by atoms with E-state index in [1.807, 2.05) is 38.1 Å². The molecule has 1 fully saturated rings. The quantitative estimate of drug-likeness (QED) is 0.195. The molecule has 1 saturated carbocycles. The number of hydrogen-bond donors (Lipinski definition) is 3. The van der Waals surface area contributed by atoms with Gasteiger partial charge in [-0.1, -0.05) is 25.3 Å². The average Bonchev–Trinajstić information content (AvgIpc) is 3.55. The van der Waals surface area contributed by atoms with Crippen LogP contribution in [0, 0.1) is 0 Å². The first-order valence-corrected chi connectivity index (χ1v) is 15.3. The van der Waals surface area contributed by atoms with Crippen molar-refractivity contribution in [2.24, 2.45) is 0 Å². The van der Waals surface area contributed by atoms with Crippen LogP contribution >= 0.6 is 0 Å². The number of aromatic nitrogens is 3. The monoisotopic (exact) mass is 592 g/mol. The maximum Gasteiger partial charge on any atom is 0.335 e. The molecule has 0 saturated heterocycles. The Labute approximate surface area is 255 Å². The summed E-state index contributed by atoms with van der Waals surface area (Å²) in [4.78, 5) is 33.1. The molecule has 226 valence electrons. The number of aromatic amines is 1. The number of benzene rings is 3. The minimum atomic E-state index is -1.00. The number of hydrogen-bond acceptors (Lipinski definition) is 5. The summed E-state index contributed by atoms with van der Waals surface area (Å²) in [5, 5.41) is 13.7. The number of nitrogens with one attached hydrogen (secondary N) is 2. The summed E-state index contributed by atoms with van der Waals surface area (Å²) in [7, 11) is 1.67. The highest BCUT2D eigenvalue weighted by Crippen LogP contribution is 2.47. The predicted molar refractivity (Wildman–Crippen MR) is 169 cm³/mol. The molecule has 2 aromatic heterocycles. The molecule has 0 atom stereocenters. The van der Waals surface area contributed by atoms with Crippen molar-refractivity contribution in [2.75, 3.05) is 13.7 Å². The van der Waals surface area contributed by atoms with Crippen LogP contribution in [-0.4, -0.2) is 45.2 Å². The molecule has 7 rings (SSSR count). The fourth-order valence-corrected chi connectivity index (χ4v) is 6.89. The van der Waals surface area contributed by atoms with Gasteiger partial charge < -0.3 is 29.4 Å². The first-order valence-electron chi connectivity index (χ1n) is 15.3. The van der Waals surface area contributed by atoms with Crippen LogP contribution in [0.5, 0.6) is 11.5 Å². The predicted octanol–water partition coefficient (Wildman–Crippen LogP) is 7.00. The van der Waals surface area contributed by atoms with E-state index in [1.54, 1.807) is 19.2 Å². The van der Waals surface area contributed by atoms with E-state index in [9.17, 15) is 14.7 Å². The number of rotatable bonds is 6. The first-order chi connectivity index (χ1) is 21.2. The summed E-state index contributed by atoms with van der Waals surface area (Å²) in [5.41, 5.74) is 5.76. The lowest BCUT2D eigenvalue weighted by Crippen LogP contribution is -2.41. The van der Waals surface area contributed by atoms with Gasteiger partial charge in [0, 0.05) is 28.1 Å². The average molecular weight is 593 g/mol. The molecule has 44 heavy (non-hydrogen) atoms. The Morgan fingerprint density at radius 1 is 1.05 bits per heavy atom. The second kappa shape index (κ2) is 10.7. The van der Waals surface area contributed by atoms with Crippen LogP contribution in [0.1, 0.15) is 84.0 Å². The molecule has 0 radical (unpaired) electrons. The Bertz CT molecular complexity index is 1930. The number of methoxy groups -OCH3 is 1. The summed E-state index contributed by atoms with van der Waals surface area (Å²) in [5.74, 6) is 1.36. The maximum atomic E-state index is 13.8. The van der Waals surface area contributed by atoms with Crippen molar-refractivity contribution >= 4 is 33.8 Å². The number of carbonyl (C=O) groups is 2. The summed E-state index contributed by atoms with van der Waals surface area (Å²) in [6, 6.07) is 16.8. The highest BCUT2D eigenvalue weighted by Gasteiger charge is 2.31. The molecule has 0 unspecified atom stereocenters. The van der Waals surface area contributed by atoms with Crippen molar-refractivity contribution in [3.05, 3.63) is 77.1 Å². The minimum absolute atomic E-state index is 0.175. The van der Waals surface area contributed by atoms with E-state index in [-0.39, 0.29) is 11.5 Å². The van der Waals surface area contributed by atoms with Crippen molar-refractivity contribution < 1.29 is 24.2 Å². The van der Waals surface area contributed by atoms with Gasteiger partial charge in [0.15, 0.2) is 0 Å². The molecule has 9 nitrogen and oxygen atoms in total. The maximum absolute atomic E-state index is 13.8. The Morgan fingerprint density at radius 2 is 1.84 bits per heavy atom. The highest BCUT2D eigenvalue weighted by atomic mass is 16.5. The molecular weight excluding hydrogens is 556 g/mol. The lowest BCUT2D eigenvalue weighted by atomic mass is 9.81. The number of imidazole rings is 1. The lowest BCUT2D eigenvalue weighted by molar-refractivity contribution is 0.0696. The molecular formula is C35H36N4O5. The Balaban J connectivity index is 1.28. The van der Waals surface area contributed by atoms with Crippen LogP contribution < -0.4 is 14.8 Å². The summed E-state index contributed by atoms with van der Waals surface area (Å²) in [6.07, 6.45) is 6.02. The van der Waals surface area contributed by atoms with Crippen LogP contribution in [-0.2, 0) is 12.1 Å². The second-order valence-corrected chi connectivity index (χ2v) is 12.4. The van der Waals surface area contributed by atoms with Crippen molar-refractivity contribution in [3.63, 3.8) is 0 Å². The molecule has 2 aliphatic rings. The Kier molecular flexibility index (Phi) is 6.83. The van der Waals surface area contributed by atoms with Gasteiger partial charge >= 0.3 is 5.97 Å².